The maximum absolute atomic E-state index is 11.8. The van der Waals surface area contributed by atoms with Gasteiger partial charge in [0.25, 0.3) is 0 Å². The molecule has 8 nitrogen and oxygen atoms in total. The molecule has 0 radical (unpaired) electrons. The van der Waals surface area contributed by atoms with Crippen LogP contribution in [0.15, 0.2) is 24.3 Å². The molecular weight excluding hydrogens is 440 g/mol. The Morgan fingerprint density at radius 3 is 2.41 bits per heavy atom. The van der Waals surface area contributed by atoms with Gasteiger partial charge in [0.2, 0.25) is 6.29 Å². The van der Waals surface area contributed by atoms with Crippen LogP contribution in [0.5, 0.6) is 11.5 Å². The second-order valence-corrected chi connectivity index (χ2v) is 10.0. The molecule has 1 N–H and O–H groups in total. The Hall–Kier alpha value is -1.87. The van der Waals surface area contributed by atoms with Crippen molar-refractivity contribution in [3.05, 3.63) is 24.3 Å². The second kappa shape index (κ2) is 10.4. The highest BCUT2D eigenvalue weighted by atomic mass is 17.1. The standard InChI is InChI=1S/C26H38O8/c1-6-29-23(27)18(5)31-19-9-11-20(12-10-19)32-24-17(4)22-13-7-15(2)21-14-8-16(3)30-25(33-24)26(21,22)34-28/h9-12,15-18,21-22,24-25,28H,6-8,13-14H2,1-5H3/t15-,16+,17-,18?,21?,22?,24+,25-,26?/m1/s1. The molecule has 2 heterocycles. The summed E-state index contributed by atoms with van der Waals surface area (Å²) in [5, 5.41) is 10.2. The molecule has 0 aromatic heterocycles. The van der Waals surface area contributed by atoms with Gasteiger partial charge < -0.3 is 23.7 Å². The Kier molecular flexibility index (Phi) is 7.72. The van der Waals surface area contributed by atoms with Crippen LogP contribution in [0.4, 0.5) is 0 Å². The number of benzene rings is 1. The van der Waals surface area contributed by atoms with Gasteiger partial charge >= 0.3 is 5.97 Å². The van der Waals surface area contributed by atoms with Crippen molar-refractivity contribution in [1.29, 1.82) is 0 Å². The van der Waals surface area contributed by atoms with Gasteiger partial charge in [0.05, 0.1) is 12.7 Å². The molecule has 9 atom stereocenters. The van der Waals surface area contributed by atoms with E-state index in [0.717, 1.165) is 25.7 Å². The molecule has 1 aromatic carbocycles. The molecule has 1 aromatic rings. The maximum Gasteiger partial charge on any atom is 0.347 e. The molecule has 2 saturated heterocycles. The Balaban J connectivity index is 1.49. The summed E-state index contributed by atoms with van der Waals surface area (Å²) in [6.07, 6.45) is 1.86. The van der Waals surface area contributed by atoms with E-state index >= 15 is 0 Å². The van der Waals surface area contributed by atoms with E-state index < -0.39 is 30.3 Å². The van der Waals surface area contributed by atoms with Crippen LogP contribution in [-0.4, -0.2) is 48.2 Å². The number of rotatable bonds is 7. The molecule has 1 aliphatic carbocycles. The van der Waals surface area contributed by atoms with Crippen LogP contribution in [0.3, 0.4) is 0 Å². The molecule has 1 saturated carbocycles. The fraction of sp³-hybridized carbons (Fsp3) is 0.731. The number of hydrogen-bond donors (Lipinski definition) is 1. The smallest absolute Gasteiger partial charge is 0.347 e. The normalized spacial score (nSPS) is 38.2. The Labute approximate surface area is 201 Å². The van der Waals surface area contributed by atoms with E-state index in [4.69, 9.17) is 28.6 Å². The van der Waals surface area contributed by atoms with Crippen molar-refractivity contribution >= 4 is 5.97 Å². The van der Waals surface area contributed by atoms with Gasteiger partial charge in [-0.1, -0.05) is 13.8 Å². The van der Waals surface area contributed by atoms with Gasteiger partial charge in [-0.05, 0) is 82.6 Å². The molecule has 0 bridgehead atoms. The average Bonchev–Trinajstić information content (AvgIpc) is 2.96. The lowest BCUT2D eigenvalue weighted by Crippen LogP contribution is -2.68. The third kappa shape index (κ3) is 4.65. The van der Waals surface area contributed by atoms with E-state index in [0.29, 0.717) is 24.0 Å². The summed E-state index contributed by atoms with van der Waals surface area (Å²) in [5.74, 6) is 1.36. The van der Waals surface area contributed by atoms with E-state index in [-0.39, 0.29) is 23.9 Å². The average molecular weight is 479 g/mol. The number of esters is 1. The van der Waals surface area contributed by atoms with Gasteiger partial charge in [-0.25, -0.2) is 9.68 Å². The van der Waals surface area contributed by atoms with Gasteiger partial charge in [0.1, 0.15) is 11.5 Å². The zero-order valence-corrected chi connectivity index (χ0v) is 20.8. The first-order valence-electron chi connectivity index (χ1n) is 12.5. The highest BCUT2D eigenvalue weighted by Gasteiger charge is 2.65. The predicted octanol–water partition coefficient (Wildman–Crippen LogP) is 4.80. The van der Waals surface area contributed by atoms with Crippen LogP contribution in [0.1, 0.15) is 60.3 Å². The molecule has 4 unspecified atom stereocenters. The molecule has 2 aliphatic heterocycles. The van der Waals surface area contributed by atoms with E-state index in [9.17, 15) is 10.1 Å². The zero-order valence-electron chi connectivity index (χ0n) is 20.8. The molecule has 190 valence electrons. The van der Waals surface area contributed by atoms with Crippen LogP contribution in [0, 0.1) is 23.7 Å². The first-order chi connectivity index (χ1) is 16.3. The van der Waals surface area contributed by atoms with Gasteiger partial charge in [0, 0.05) is 11.8 Å². The van der Waals surface area contributed by atoms with E-state index in [2.05, 4.69) is 13.8 Å². The number of carbonyl (C=O) groups is 1. The van der Waals surface area contributed by atoms with E-state index in [1.54, 1.807) is 38.1 Å². The number of hydrogen-bond acceptors (Lipinski definition) is 8. The quantitative estimate of drug-likeness (QED) is 0.339. The Morgan fingerprint density at radius 1 is 1.06 bits per heavy atom. The summed E-state index contributed by atoms with van der Waals surface area (Å²) in [6, 6.07) is 7.08. The summed E-state index contributed by atoms with van der Waals surface area (Å²) in [5.41, 5.74) is -0.886. The highest BCUT2D eigenvalue weighted by Crippen LogP contribution is 2.56. The van der Waals surface area contributed by atoms with Crippen molar-refractivity contribution in [2.75, 3.05) is 6.61 Å². The monoisotopic (exact) mass is 478 g/mol. The number of carbonyl (C=O) groups excluding carboxylic acids is 1. The lowest BCUT2D eigenvalue weighted by Gasteiger charge is -2.57. The first-order valence-corrected chi connectivity index (χ1v) is 12.5. The Morgan fingerprint density at radius 2 is 1.74 bits per heavy atom. The third-order valence-electron chi connectivity index (χ3n) is 7.87. The second-order valence-electron chi connectivity index (χ2n) is 10.0. The molecule has 34 heavy (non-hydrogen) atoms. The molecule has 0 amide bonds. The van der Waals surface area contributed by atoms with Gasteiger partial charge in [-0.2, -0.15) is 0 Å². The molecule has 8 heteroatoms. The minimum atomic E-state index is -0.886. The third-order valence-corrected chi connectivity index (χ3v) is 7.87. The zero-order chi connectivity index (χ0) is 24.5. The van der Waals surface area contributed by atoms with E-state index in [1.165, 1.54) is 0 Å². The van der Waals surface area contributed by atoms with E-state index in [1.807, 2.05) is 6.92 Å². The van der Waals surface area contributed by atoms with Crippen molar-refractivity contribution in [3.63, 3.8) is 0 Å². The fourth-order valence-corrected chi connectivity index (χ4v) is 6.05. The molecule has 3 fully saturated rings. The van der Waals surface area contributed by atoms with Crippen molar-refractivity contribution < 1.29 is 38.6 Å². The minimum Gasteiger partial charge on any atom is -0.479 e. The largest absolute Gasteiger partial charge is 0.479 e. The van der Waals surface area contributed by atoms with Gasteiger partial charge in [-0.3, -0.25) is 5.26 Å². The van der Waals surface area contributed by atoms with Crippen LogP contribution < -0.4 is 9.47 Å². The van der Waals surface area contributed by atoms with Crippen molar-refractivity contribution in [2.24, 2.45) is 23.7 Å². The lowest BCUT2D eigenvalue weighted by molar-refractivity contribution is -0.455. The van der Waals surface area contributed by atoms with Crippen LogP contribution in [0.25, 0.3) is 0 Å². The maximum atomic E-state index is 11.8. The van der Waals surface area contributed by atoms with Crippen molar-refractivity contribution in [1.82, 2.24) is 0 Å². The molecule has 0 spiro atoms. The summed E-state index contributed by atoms with van der Waals surface area (Å²) in [4.78, 5) is 17.2. The summed E-state index contributed by atoms with van der Waals surface area (Å²) < 4.78 is 29.5. The van der Waals surface area contributed by atoms with Gasteiger partial charge in [-0.15, -0.1) is 0 Å². The summed E-state index contributed by atoms with van der Waals surface area (Å²) in [6.45, 7) is 10.1. The topological polar surface area (TPSA) is 92.7 Å². The van der Waals surface area contributed by atoms with Crippen LogP contribution >= 0.6 is 0 Å². The summed E-state index contributed by atoms with van der Waals surface area (Å²) in [7, 11) is 0. The summed E-state index contributed by atoms with van der Waals surface area (Å²) >= 11 is 0. The molecule has 3 aliphatic rings. The van der Waals surface area contributed by atoms with Crippen LogP contribution in [0.2, 0.25) is 0 Å². The predicted molar refractivity (Wildman–Crippen MR) is 123 cm³/mol. The minimum absolute atomic E-state index is 0.00218. The highest BCUT2D eigenvalue weighted by molar-refractivity contribution is 5.74. The first kappa shape index (κ1) is 25.2. The molecular formula is C26H38O8. The number of ether oxygens (including phenoxy) is 5. The van der Waals surface area contributed by atoms with Crippen molar-refractivity contribution in [2.45, 2.75) is 90.7 Å². The fourth-order valence-electron chi connectivity index (χ4n) is 6.05. The van der Waals surface area contributed by atoms with Crippen molar-refractivity contribution in [3.8, 4) is 11.5 Å². The Bertz CT molecular complexity index is 829. The SMILES string of the molecule is CCOC(=O)C(C)Oc1ccc(O[C@H]2O[C@H]3O[C@@H](C)CCC4[C@H](C)CCC([C@H]2C)C43OO)cc1. The molecule has 4 rings (SSSR count). The van der Waals surface area contributed by atoms with Gasteiger partial charge in [0.15, 0.2) is 18.0 Å². The van der Waals surface area contributed by atoms with Crippen LogP contribution in [-0.2, 0) is 23.9 Å². The lowest BCUT2D eigenvalue weighted by atomic mass is 9.58.